The van der Waals surface area contributed by atoms with E-state index < -0.39 is 15.9 Å². The van der Waals surface area contributed by atoms with Gasteiger partial charge < -0.3 is 19.7 Å². The highest BCUT2D eigenvalue weighted by Gasteiger charge is 2.27. The van der Waals surface area contributed by atoms with E-state index in [0.717, 1.165) is 5.69 Å². The molecule has 1 amide bonds. The highest BCUT2D eigenvalue weighted by Crippen LogP contribution is 2.24. The largest absolute Gasteiger partial charge is 0.497 e. The molecule has 0 aromatic heterocycles. The monoisotopic (exact) mass is 467 g/mol. The summed E-state index contributed by atoms with van der Waals surface area (Å²) < 4.78 is 37.2. The predicted octanol–water partition coefficient (Wildman–Crippen LogP) is 2.24. The number of nitrogens with zero attached hydrogens (tertiary/aromatic N) is 2. The molecule has 1 N–H and O–H groups in total. The third-order valence-corrected chi connectivity index (χ3v) is 7.25. The molecule has 0 radical (unpaired) electrons. The Kier molecular flexibility index (Phi) is 7.64. The van der Waals surface area contributed by atoms with Gasteiger partial charge >= 0.3 is 0 Å². The van der Waals surface area contributed by atoms with Crippen LogP contribution in [0.4, 0.5) is 5.69 Å². The van der Waals surface area contributed by atoms with Gasteiger partial charge in [-0.3, -0.25) is 4.79 Å². The van der Waals surface area contributed by atoms with E-state index in [1.165, 1.54) is 18.5 Å². The van der Waals surface area contributed by atoms with Crippen molar-refractivity contribution in [3.05, 3.63) is 53.1 Å². The number of ether oxygens (including phenoxy) is 2. The van der Waals surface area contributed by atoms with Crippen LogP contribution in [0.1, 0.15) is 10.4 Å². The lowest BCUT2D eigenvalue weighted by Gasteiger charge is -2.35. The second-order valence-corrected chi connectivity index (χ2v) is 9.53. The molecule has 0 bridgehead atoms. The van der Waals surface area contributed by atoms with Crippen LogP contribution < -0.4 is 19.7 Å². The summed E-state index contributed by atoms with van der Waals surface area (Å²) in [6.07, 6.45) is 0. The summed E-state index contributed by atoms with van der Waals surface area (Å²) in [7, 11) is -0.500. The lowest BCUT2D eigenvalue weighted by molar-refractivity contribution is 0.0953. The van der Waals surface area contributed by atoms with Gasteiger partial charge in [-0.05, 0) is 36.4 Å². The molecular weight excluding hydrogens is 442 g/mol. The number of hydrogen-bond acceptors (Lipinski definition) is 6. The number of methoxy groups -OCH3 is 2. The number of carbonyl (C=O) groups is 1. The zero-order valence-corrected chi connectivity index (χ0v) is 19.1. The molecule has 3 rings (SSSR count). The van der Waals surface area contributed by atoms with Crippen LogP contribution in [0, 0.1) is 0 Å². The highest BCUT2D eigenvalue weighted by atomic mass is 35.5. The molecule has 31 heavy (non-hydrogen) atoms. The van der Waals surface area contributed by atoms with Gasteiger partial charge in [-0.1, -0.05) is 11.6 Å². The maximum atomic E-state index is 12.7. The van der Waals surface area contributed by atoms with Crippen molar-refractivity contribution in [2.24, 2.45) is 0 Å². The van der Waals surface area contributed by atoms with Crippen molar-refractivity contribution in [1.29, 1.82) is 0 Å². The quantitative estimate of drug-likeness (QED) is 0.640. The van der Waals surface area contributed by atoms with Crippen molar-refractivity contribution in [2.45, 2.75) is 0 Å². The Morgan fingerprint density at radius 1 is 1.03 bits per heavy atom. The van der Waals surface area contributed by atoms with Gasteiger partial charge in [0.05, 0.1) is 25.5 Å². The minimum Gasteiger partial charge on any atom is -0.497 e. The topological polar surface area (TPSA) is 88.2 Å². The van der Waals surface area contributed by atoms with Crippen molar-refractivity contribution in [2.75, 3.05) is 57.6 Å². The van der Waals surface area contributed by atoms with Crippen LogP contribution in [0.15, 0.2) is 42.5 Å². The van der Waals surface area contributed by atoms with Gasteiger partial charge in [-0.25, -0.2) is 8.42 Å². The van der Waals surface area contributed by atoms with E-state index in [9.17, 15) is 13.2 Å². The summed E-state index contributed by atoms with van der Waals surface area (Å²) in [5.74, 6) is 0.354. The molecule has 168 valence electrons. The Morgan fingerprint density at radius 3 is 2.32 bits per heavy atom. The molecule has 8 nitrogen and oxygen atoms in total. The molecule has 2 aromatic carbocycles. The number of nitrogens with one attached hydrogen (secondary N) is 1. The van der Waals surface area contributed by atoms with E-state index in [1.54, 1.807) is 18.2 Å². The fraction of sp³-hybridized carbons (Fsp3) is 0.381. The molecule has 2 aromatic rings. The number of hydrogen-bond donors (Lipinski definition) is 1. The van der Waals surface area contributed by atoms with E-state index in [2.05, 4.69) is 10.2 Å². The molecule has 0 saturated carbocycles. The normalized spacial score (nSPS) is 14.9. The first-order valence-corrected chi connectivity index (χ1v) is 11.8. The van der Waals surface area contributed by atoms with Crippen molar-refractivity contribution in [3.8, 4) is 11.5 Å². The van der Waals surface area contributed by atoms with Crippen molar-refractivity contribution in [3.63, 3.8) is 0 Å². The van der Waals surface area contributed by atoms with E-state index in [4.69, 9.17) is 21.1 Å². The zero-order valence-electron chi connectivity index (χ0n) is 17.5. The minimum absolute atomic E-state index is 0.00769. The lowest BCUT2D eigenvalue weighted by atomic mass is 10.2. The molecule has 1 fully saturated rings. The van der Waals surface area contributed by atoms with Crippen LogP contribution in [0.3, 0.4) is 0 Å². The Morgan fingerprint density at radius 2 is 1.71 bits per heavy atom. The van der Waals surface area contributed by atoms with E-state index >= 15 is 0 Å². The summed E-state index contributed by atoms with van der Waals surface area (Å²) in [4.78, 5) is 14.6. The van der Waals surface area contributed by atoms with Gasteiger partial charge in [0.15, 0.2) is 0 Å². The Labute approximate surface area is 187 Å². The zero-order chi connectivity index (χ0) is 22.4. The molecule has 1 heterocycles. The molecule has 1 aliphatic heterocycles. The third-order valence-electron chi connectivity index (χ3n) is 5.12. The summed E-state index contributed by atoms with van der Waals surface area (Å²) in [6, 6.07) is 12.3. The Bertz CT molecular complexity index is 1010. The highest BCUT2D eigenvalue weighted by molar-refractivity contribution is 7.89. The Hall–Kier alpha value is -2.49. The number of benzene rings is 2. The van der Waals surface area contributed by atoms with Crippen LogP contribution in [-0.4, -0.2) is 71.3 Å². The van der Waals surface area contributed by atoms with Crippen LogP contribution in [0.25, 0.3) is 0 Å². The van der Waals surface area contributed by atoms with E-state index in [0.29, 0.717) is 48.3 Å². The molecule has 0 unspecified atom stereocenters. The second-order valence-electron chi connectivity index (χ2n) is 7.00. The molecule has 0 aliphatic carbocycles. The SMILES string of the molecule is COc1ccc(C(=O)NCCS(=O)(=O)N2CCN(c3ccc(Cl)cc3)CC2)c(OC)c1. The number of piperazine rings is 1. The molecule has 1 aliphatic rings. The fourth-order valence-electron chi connectivity index (χ4n) is 3.38. The number of anilines is 1. The third kappa shape index (κ3) is 5.81. The van der Waals surface area contributed by atoms with Gasteiger partial charge in [0.2, 0.25) is 10.0 Å². The number of carbonyl (C=O) groups excluding carboxylic acids is 1. The van der Waals surface area contributed by atoms with Gasteiger partial charge in [-0.2, -0.15) is 4.31 Å². The van der Waals surface area contributed by atoms with Gasteiger partial charge in [-0.15, -0.1) is 0 Å². The number of amides is 1. The second kappa shape index (κ2) is 10.2. The average molecular weight is 468 g/mol. The molecule has 0 spiro atoms. The Balaban J connectivity index is 1.51. The summed E-state index contributed by atoms with van der Waals surface area (Å²) in [5, 5.41) is 3.32. The van der Waals surface area contributed by atoms with Crippen LogP contribution in [-0.2, 0) is 10.0 Å². The first kappa shape index (κ1) is 23.2. The molecule has 0 atom stereocenters. The first-order valence-electron chi connectivity index (χ1n) is 9.82. The van der Waals surface area contributed by atoms with Crippen molar-refractivity contribution >= 4 is 33.2 Å². The van der Waals surface area contributed by atoms with Crippen LogP contribution in [0.5, 0.6) is 11.5 Å². The van der Waals surface area contributed by atoms with Gasteiger partial charge in [0, 0.05) is 49.5 Å². The smallest absolute Gasteiger partial charge is 0.255 e. The van der Waals surface area contributed by atoms with Gasteiger partial charge in [0.1, 0.15) is 11.5 Å². The lowest BCUT2D eigenvalue weighted by Crippen LogP contribution is -2.50. The maximum Gasteiger partial charge on any atom is 0.255 e. The molecule has 10 heteroatoms. The van der Waals surface area contributed by atoms with Gasteiger partial charge in [0.25, 0.3) is 5.91 Å². The molecular formula is C21H26ClN3O5S. The van der Waals surface area contributed by atoms with Crippen molar-refractivity contribution in [1.82, 2.24) is 9.62 Å². The average Bonchev–Trinajstić information content (AvgIpc) is 2.79. The number of sulfonamides is 1. The first-order chi connectivity index (χ1) is 14.8. The number of rotatable bonds is 8. The van der Waals surface area contributed by atoms with Crippen LogP contribution in [0.2, 0.25) is 5.02 Å². The summed E-state index contributed by atoms with van der Waals surface area (Å²) in [5.41, 5.74) is 1.33. The summed E-state index contributed by atoms with van der Waals surface area (Å²) in [6.45, 7) is 1.98. The maximum absolute atomic E-state index is 12.7. The summed E-state index contributed by atoms with van der Waals surface area (Å²) >= 11 is 5.93. The van der Waals surface area contributed by atoms with Crippen molar-refractivity contribution < 1.29 is 22.7 Å². The van der Waals surface area contributed by atoms with Crippen LogP contribution >= 0.6 is 11.6 Å². The fourth-order valence-corrected chi connectivity index (χ4v) is 4.84. The minimum atomic E-state index is -3.48. The molecule has 1 saturated heterocycles. The standard InChI is InChI=1S/C21H26ClN3O5S/c1-29-18-7-8-19(20(15-18)30-2)21(26)23-9-14-31(27,28)25-12-10-24(11-13-25)17-5-3-16(22)4-6-17/h3-8,15H,9-14H2,1-2H3,(H,23,26). The number of halogens is 1. The van der Waals surface area contributed by atoms with E-state index in [1.807, 2.05) is 24.3 Å². The predicted molar refractivity (Wildman–Crippen MR) is 121 cm³/mol. The van der Waals surface area contributed by atoms with E-state index in [-0.39, 0.29) is 12.3 Å².